The number of benzene rings is 2. The predicted molar refractivity (Wildman–Crippen MR) is 104 cm³/mol. The molecule has 0 radical (unpaired) electrons. The van der Waals surface area contributed by atoms with Crippen molar-refractivity contribution in [3.05, 3.63) is 76.0 Å². The number of halogens is 1. The Bertz CT molecular complexity index is 1020. The normalized spacial score (nSPS) is 22.7. The maximum Gasteiger partial charge on any atom is 0.255 e. The van der Waals surface area contributed by atoms with E-state index in [0.29, 0.717) is 5.39 Å². The summed E-state index contributed by atoms with van der Waals surface area (Å²) in [5.41, 5.74) is 7.99. The molecule has 0 amide bonds. The van der Waals surface area contributed by atoms with Crippen molar-refractivity contribution in [2.45, 2.75) is 44.2 Å². The molecule has 1 heterocycles. The van der Waals surface area contributed by atoms with Gasteiger partial charge in [-0.2, -0.15) is 0 Å². The fraction of sp³-hybridized carbons (Fsp3) is 0.318. The van der Waals surface area contributed by atoms with Gasteiger partial charge in [0.1, 0.15) is 11.6 Å². The van der Waals surface area contributed by atoms with E-state index < -0.39 is 5.54 Å². The van der Waals surface area contributed by atoms with E-state index in [4.69, 9.17) is 10.5 Å². The molecular formula is C22H23FN2O2. The molecule has 0 aliphatic heterocycles. The molecule has 4 rings (SSSR count). The van der Waals surface area contributed by atoms with Crippen LogP contribution in [0.25, 0.3) is 10.8 Å². The highest BCUT2D eigenvalue weighted by Gasteiger charge is 2.34. The number of aryl methyl sites for hydroxylation is 1. The van der Waals surface area contributed by atoms with Crippen molar-refractivity contribution in [2.24, 2.45) is 5.73 Å². The summed E-state index contributed by atoms with van der Waals surface area (Å²) in [6, 6.07) is 12.2. The molecular weight excluding hydrogens is 343 g/mol. The Morgan fingerprint density at radius 1 is 1.15 bits per heavy atom. The lowest BCUT2D eigenvalue weighted by molar-refractivity contribution is 0.117. The van der Waals surface area contributed by atoms with Gasteiger partial charge in [0.25, 0.3) is 5.56 Å². The van der Waals surface area contributed by atoms with Crippen LogP contribution in [0.15, 0.2) is 53.5 Å². The quantitative estimate of drug-likeness (QED) is 0.732. The highest BCUT2D eigenvalue weighted by Crippen LogP contribution is 2.37. The van der Waals surface area contributed by atoms with Gasteiger partial charge in [-0.3, -0.25) is 4.79 Å². The van der Waals surface area contributed by atoms with Crippen LogP contribution in [0, 0.1) is 12.7 Å². The largest absolute Gasteiger partial charge is 0.490 e. The summed E-state index contributed by atoms with van der Waals surface area (Å²) in [5, 5.41) is 1.54. The zero-order chi connectivity index (χ0) is 19.0. The first-order valence-corrected chi connectivity index (χ1v) is 9.28. The topological polar surface area (TPSA) is 68.1 Å². The lowest BCUT2D eigenvalue weighted by Crippen LogP contribution is -2.42. The van der Waals surface area contributed by atoms with Crippen molar-refractivity contribution in [3.63, 3.8) is 0 Å². The molecule has 3 aromatic rings. The van der Waals surface area contributed by atoms with Gasteiger partial charge >= 0.3 is 0 Å². The predicted octanol–water partition coefficient (Wildman–Crippen LogP) is 4.15. The minimum atomic E-state index is -0.431. The molecule has 3 N–H and O–H groups in total. The first-order chi connectivity index (χ1) is 12.9. The zero-order valence-electron chi connectivity index (χ0n) is 15.3. The van der Waals surface area contributed by atoms with Crippen molar-refractivity contribution < 1.29 is 9.13 Å². The van der Waals surface area contributed by atoms with Crippen molar-refractivity contribution in [1.82, 2.24) is 4.98 Å². The van der Waals surface area contributed by atoms with Crippen LogP contribution in [0.1, 0.15) is 36.8 Å². The zero-order valence-corrected chi connectivity index (χ0v) is 15.3. The van der Waals surface area contributed by atoms with E-state index in [1.54, 1.807) is 18.3 Å². The first kappa shape index (κ1) is 17.7. The number of hydrogen-bond donors (Lipinski definition) is 2. The minimum absolute atomic E-state index is 0.0836. The third-order valence-corrected chi connectivity index (χ3v) is 5.61. The number of pyridine rings is 1. The fourth-order valence-corrected chi connectivity index (χ4v) is 3.92. The molecule has 1 aliphatic carbocycles. The summed E-state index contributed by atoms with van der Waals surface area (Å²) < 4.78 is 19.4. The molecule has 0 bridgehead atoms. The number of H-pyrrole nitrogens is 1. The lowest BCUT2D eigenvalue weighted by atomic mass is 9.76. The number of ether oxygens (including phenoxy) is 1. The Hall–Kier alpha value is -2.66. The smallest absolute Gasteiger partial charge is 0.255 e. The fourth-order valence-electron chi connectivity index (χ4n) is 3.92. The van der Waals surface area contributed by atoms with Crippen molar-refractivity contribution in [1.29, 1.82) is 0 Å². The lowest BCUT2D eigenvalue weighted by Gasteiger charge is -2.37. The summed E-state index contributed by atoms with van der Waals surface area (Å²) >= 11 is 0. The number of nitrogens with two attached hydrogens (primary N) is 1. The third kappa shape index (κ3) is 3.47. The highest BCUT2D eigenvalue weighted by atomic mass is 19.1. The molecule has 0 saturated heterocycles. The van der Waals surface area contributed by atoms with E-state index in [2.05, 4.69) is 4.98 Å². The Balaban J connectivity index is 1.49. The summed E-state index contributed by atoms with van der Waals surface area (Å²) in [7, 11) is 0. The maximum absolute atomic E-state index is 13.2. The summed E-state index contributed by atoms with van der Waals surface area (Å²) in [5.74, 6) is 0.564. The molecule has 1 aromatic heterocycles. The van der Waals surface area contributed by atoms with Crippen LogP contribution in [0.4, 0.5) is 4.39 Å². The molecule has 4 nitrogen and oxygen atoms in total. The second-order valence-electron chi connectivity index (χ2n) is 7.49. The monoisotopic (exact) mass is 366 g/mol. The van der Waals surface area contributed by atoms with Crippen LogP contribution in [0.2, 0.25) is 0 Å². The molecule has 0 atom stereocenters. The molecule has 0 unspecified atom stereocenters. The van der Waals surface area contributed by atoms with Crippen LogP contribution < -0.4 is 16.0 Å². The third-order valence-electron chi connectivity index (χ3n) is 5.61. The van der Waals surface area contributed by atoms with E-state index in [1.165, 1.54) is 12.1 Å². The molecule has 1 aliphatic rings. The minimum Gasteiger partial charge on any atom is -0.490 e. The van der Waals surface area contributed by atoms with Gasteiger partial charge in [0.15, 0.2) is 0 Å². The Kier molecular flexibility index (Phi) is 4.48. The standard InChI is InChI=1S/C22H23FN2O2/c1-14-12-19-15(8-11-25-21(19)26)13-20(14)27-18-6-9-22(24,10-7-18)16-2-4-17(23)5-3-16/h2-5,8,11-13,18H,6-7,9-10,24H2,1H3,(H,25,26). The summed E-state index contributed by atoms with van der Waals surface area (Å²) in [6.07, 6.45) is 4.97. The van der Waals surface area contributed by atoms with Crippen LogP contribution >= 0.6 is 0 Å². The van der Waals surface area contributed by atoms with Crippen molar-refractivity contribution in [2.75, 3.05) is 0 Å². The molecule has 1 saturated carbocycles. The van der Waals surface area contributed by atoms with Gasteiger partial charge in [0.2, 0.25) is 0 Å². The van der Waals surface area contributed by atoms with Crippen molar-refractivity contribution >= 4 is 10.8 Å². The molecule has 27 heavy (non-hydrogen) atoms. The van der Waals surface area contributed by atoms with E-state index in [1.807, 2.05) is 25.1 Å². The summed E-state index contributed by atoms with van der Waals surface area (Å²) in [6.45, 7) is 1.95. The maximum atomic E-state index is 13.2. The van der Waals surface area contributed by atoms with Crippen molar-refractivity contribution in [3.8, 4) is 5.75 Å². The van der Waals surface area contributed by atoms with Crippen LogP contribution in [0.3, 0.4) is 0 Å². The molecule has 0 spiro atoms. The number of rotatable bonds is 3. The number of hydrogen-bond acceptors (Lipinski definition) is 3. The van der Waals surface area contributed by atoms with Gasteiger partial charge < -0.3 is 15.5 Å². The van der Waals surface area contributed by atoms with Crippen LogP contribution in [0.5, 0.6) is 5.75 Å². The number of nitrogens with one attached hydrogen (secondary N) is 1. The SMILES string of the molecule is Cc1cc2c(=O)[nH]ccc2cc1OC1CCC(N)(c2ccc(F)cc2)CC1. The highest BCUT2D eigenvalue weighted by molar-refractivity contribution is 5.83. The van der Waals surface area contributed by atoms with E-state index >= 15 is 0 Å². The van der Waals surface area contributed by atoms with Crippen LogP contribution in [-0.2, 0) is 5.54 Å². The molecule has 2 aromatic carbocycles. The van der Waals surface area contributed by atoms with Gasteiger partial charge in [0, 0.05) is 17.1 Å². The Morgan fingerprint density at radius 3 is 2.56 bits per heavy atom. The number of fused-ring (bicyclic) bond motifs is 1. The number of aromatic nitrogens is 1. The Labute approximate surface area is 157 Å². The average Bonchev–Trinajstić information content (AvgIpc) is 2.66. The second kappa shape index (κ2) is 6.82. The van der Waals surface area contributed by atoms with Gasteiger partial charge in [-0.05, 0) is 79.5 Å². The Morgan fingerprint density at radius 2 is 1.85 bits per heavy atom. The molecule has 140 valence electrons. The van der Waals surface area contributed by atoms with E-state index in [0.717, 1.165) is 47.9 Å². The molecule has 1 fully saturated rings. The van der Waals surface area contributed by atoms with Gasteiger partial charge in [-0.15, -0.1) is 0 Å². The van der Waals surface area contributed by atoms with E-state index in [9.17, 15) is 9.18 Å². The van der Waals surface area contributed by atoms with Gasteiger partial charge in [-0.25, -0.2) is 4.39 Å². The number of aromatic amines is 1. The summed E-state index contributed by atoms with van der Waals surface area (Å²) in [4.78, 5) is 14.6. The van der Waals surface area contributed by atoms with Gasteiger partial charge in [-0.1, -0.05) is 12.1 Å². The average molecular weight is 366 g/mol. The van der Waals surface area contributed by atoms with Crippen LogP contribution in [-0.4, -0.2) is 11.1 Å². The van der Waals surface area contributed by atoms with Gasteiger partial charge in [0.05, 0.1) is 6.10 Å². The van der Waals surface area contributed by atoms with E-state index in [-0.39, 0.29) is 17.5 Å². The first-order valence-electron chi connectivity index (χ1n) is 9.28. The molecule has 5 heteroatoms. The second-order valence-corrected chi connectivity index (χ2v) is 7.49.